The van der Waals surface area contributed by atoms with Crippen molar-refractivity contribution in [3.05, 3.63) is 6.61 Å². The lowest BCUT2D eigenvalue weighted by Gasteiger charge is -2.39. The van der Waals surface area contributed by atoms with Gasteiger partial charge in [0.1, 0.15) is 0 Å². The fourth-order valence-electron chi connectivity index (χ4n) is 2.67. The summed E-state index contributed by atoms with van der Waals surface area (Å²) in [6.07, 6.45) is -2.16. The first-order valence-corrected chi connectivity index (χ1v) is 10.2. The van der Waals surface area contributed by atoms with Crippen LogP contribution in [0.3, 0.4) is 0 Å². The normalized spacial score (nSPS) is 14.7. The van der Waals surface area contributed by atoms with Gasteiger partial charge in [-0.25, -0.2) is 0 Å². The van der Waals surface area contributed by atoms with Gasteiger partial charge in [0.05, 0.1) is 13.2 Å². The Labute approximate surface area is 183 Å². The van der Waals surface area contributed by atoms with E-state index >= 15 is 0 Å². The van der Waals surface area contributed by atoms with Crippen molar-refractivity contribution < 1.29 is 61.8 Å². The molecule has 0 heterocycles. The molecule has 0 aromatic heterocycles. The summed E-state index contributed by atoms with van der Waals surface area (Å²) >= 11 is 0. The van der Waals surface area contributed by atoms with Crippen LogP contribution in [0.15, 0.2) is 0 Å². The number of unbranched alkanes of at least 4 members (excludes halogenated alkanes) is 8. The van der Waals surface area contributed by atoms with Gasteiger partial charge in [-0.3, -0.25) is 0 Å². The number of ether oxygens (including phenoxy) is 1. The van der Waals surface area contributed by atoms with Crippen LogP contribution in [0.2, 0.25) is 0 Å². The molecule has 0 aromatic rings. The van der Waals surface area contributed by atoms with Crippen molar-refractivity contribution in [1.82, 2.24) is 0 Å². The predicted octanol–water partition coefficient (Wildman–Crippen LogP) is 8.82. The molecule has 0 aliphatic rings. The highest BCUT2D eigenvalue weighted by Crippen LogP contribution is 2.60. The standard InChI is InChI=1S/C19H26F13O/c1-2-3-4-5-6-7-8-9-10-12-33-13-11-14(20,21)15(22,23)16(24,25)17(26,27)18(28,29)19(30,31)32/h12H,2-11,13H2,1H3. The zero-order valence-corrected chi connectivity index (χ0v) is 17.7. The van der Waals surface area contributed by atoms with Crippen LogP contribution in [0.25, 0.3) is 0 Å². The van der Waals surface area contributed by atoms with Gasteiger partial charge < -0.3 is 4.74 Å². The minimum atomic E-state index is -7.87. The highest BCUT2D eigenvalue weighted by molar-refractivity contribution is 5.10. The van der Waals surface area contributed by atoms with E-state index in [1.54, 1.807) is 0 Å². The van der Waals surface area contributed by atoms with Crippen LogP contribution >= 0.6 is 0 Å². The Balaban J connectivity index is 4.73. The second-order valence-corrected chi connectivity index (χ2v) is 7.55. The Morgan fingerprint density at radius 1 is 0.545 bits per heavy atom. The van der Waals surface area contributed by atoms with E-state index in [9.17, 15) is 57.1 Å². The molecule has 0 unspecified atom stereocenters. The SMILES string of the molecule is CCCCCCCCCC[CH]OCCC(F)(F)C(F)(F)C(F)(F)C(F)(F)C(F)(F)C(F)(F)F. The van der Waals surface area contributed by atoms with Crippen molar-refractivity contribution in [2.24, 2.45) is 0 Å². The number of alkyl halides is 13. The maximum absolute atomic E-state index is 13.5. The summed E-state index contributed by atoms with van der Waals surface area (Å²) in [5.74, 6) is -36.7. The molecule has 0 fully saturated rings. The van der Waals surface area contributed by atoms with Gasteiger partial charge in [-0.05, 0) is 6.42 Å². The summed E-state index contributed by atoms with van der Waals surface area (Å²) in [5, 5.41) is 0. The van der Waals surface area contributed by atoms with Crippen LogP contribution in [0.1, 0.15) is 71.1 Å². The average molecular weight is 517 g/mol. The van der Waals surface area contributed by atoms with Gasteiger partial charge in [0.15, 0.2) is 0 Å². The molecule has 0 bridgehead atoms. The summed E-state index contributed by atoms with van der Waals surface area (Å²) in [7, 11) is 0. The second-order valence-electron chi connectivity index (χ2n) is 7.55. The maximum atomic E-state index is 13.5. The third-order valence-corrected chi connectivity index (χ3v) is 4.83. The van der Waals surface area contributed by atoms with Gasteiger partial charge in [-0.15, -0.1) is 0 Å². The van der Waals surface area contributed by atoms with E-state index in [-0.39, 0.29) is 6.42 Å². The molecule has 0 rings (SSSR count). The van der Waals surface area contributed by atoms with Crippen molar-refractivity contribution in [2.45, 2.75) is 107 Å². The Hall–Kier alpha value is -0.950. The molecule has 0 saturated carbocycles. The molecule has 0 spiro atoms. The zero-order valence-electron chi connectivity index (χ0n) is 17.7. The fraction of sp³-hybridized carbons (Fsp3) is 0.947. The minimum Gasteiger partial charge on any atom is -0.375 e. The highest BCUT2D eigenvalue weighted by atomic mass is 19.4. The molecular formula is C19H26F13O. The number of halogens is 13. The van der Waals surface area contributed by atoms with Crippen molar-refractivity contribution in [3.8, 4) is 0 Å². The Bertz CT molecular complexity index is 558. The van der Waals surface area contributed by atoms with Crippen molar-refractivity contribution in [3.63, 3.8) is 0 Å². The van der Waals surface area contributed by atoms with Crippen molar-refractivity contribution >= 4 is 0 Å². The minimum absolute atomic E-state index is 0.170. The molecular weight excluding hydrogens is 491 g/mol. The molecule has 33 heavy (non-hydrogen) atoms. The Kier molecular flexibility index (Phi) is 11.8. The van der Waals surface area contributed by atoms with E-state index in [1.165, 1.54) is 0 Å². The summed E-state index contributed by atoms with van der Waals surface area (Å²) in [5.41, 5.74) is 0. The zero-order chi connectivity index (χ0) is 26.2. The van der Waals surface area contributed by atoms with Gasteiger partial charge >= 0.3 is 35.8 Å². The summed E-state index contributed by atoms with van der Waals surface area (Å²) in [4.78, 5) is 0. The molecule has 1 nitrogen and oxygen atoms in total. The van der Waals surface area contributed by atoms with Crippen LogP contribution in [-0.2, 0) is 4.74 Å². The van der Waals surface area contributed by atoms with Crippen LogP contribution < -0.4 is 0 Å². The molecule has 0 amide bonds. The van der Waals surface area contributed by atoms with Crippen LogP contribution in [0.5, 0.6) is 0 Å². The quantitative estimate of drug-likeness (QED) is 0.138. The van der Waals surface area contributed by atoms with E-state index < -0.39 is 48.8 Å². The summed E-state index contributed by atoms with van der Waals surface area (Å²) < 4.78 is 173. The highest BCUT2D eigenvalue weighted by Gasteiger charge is 2.90. The number of rotatable bonds is 17. The van der Waals surface area contributed by atoms with Crippen molar-refractivity contribution in [2.75, 3.05) is 6.61 Å². The average Bonchev–Trinajstić information content (AvgIpc) is 2.67. The smallest absolute Gasteiger partial charge is 0.375 e. The molecule has 0 saturated heterocycles. The van der Waals surface area contributed by atoms with E-state index in [0.717, 1.165) is 51.6 Å². The third kappa shape index (κ3) is 7.51. The molecule has 14 heteroatoms. The third-order valence-electron chi connectivity index (χ3n) is 4.83. The fourth-order valence-corrected chi connectivity index (χ4v) is 2.67. The van der Waals surface area contributed by atoms with Gasteiger partial charge in [0.2, 0.25) is 0 Å². The molecule has 0 aliphatic heterocycles. The first kappa shape index (κ1) is 32.0. The molecule has 1 radical (unpaired) electrons. The monoisotopic (exact) mass is 517 g/mol. The van der Waals surface area contributed by atoms with Crippen molar-refractivity contribution in [1.29, 1.82) is 0 Å². The van der Waals surface area contributed by atoms with Crippen LogP contribution in [0, 0.1) is 6.61 Å². The predicted molar refractivity (Wildman–Crippen MR) is 92.9 cm³/mol. The van der Waals surface area contributed by atoms with Crippen LogP contribution in [-0.4, -0.2) is 42.4 Å². The lowest BCUT2D eigenvalue weighted by Crippen LogP contribution is -2.70. The number of hydrogen-bond donors (Lipinski definition) is 0. The Morgan fingerprint density at radius 2 is 0.970 bits per heavy atom. The van der Waals surface area contributed by atoms with Gasteiger partial charge in [0, 0.05) is 6.42 Å². The van der Waals surface area contributed by atoms with E-state index in [0.29, 0.717) is 6.42 Å². The molecule has 0 aliphatic carbocycles. The first-order valence-electron chi connectivity index (χ1n) is 10.2. The molecule has 0 atom stereocenters. The Morgan fingerprint density at radius 3 is 1.42 bits per heavy atom. The van der Waals surface area contributed by atoms with E-state index in [1.807, 2.05) is 0 Å². The summed E-state index contributed by atoms with van der Waals surface area (Å²) in [6.45, 7) is 1.56. The topological polar surface area (TPSA) is 9.23 Å². The van der Waals surface area contributed by atoms with Gasteiger partial charge in [-0.1, -0.05) is 58.3 Å². The molecule has 199 valence electrons. The summed E-state index contributed by atoms with van der Waals surface area (Å²) in [6, 6.07) is 0. The lowest BCUT2D eigenvalue weighted by atomic mass is 9.93. The molecule has 0 N–H and O–H groups in total. The first-order chi connectivity index (χ1) is 14.8. The second kappa shape index (κ2) is 12.1. The number of hydrogen-bond acceptors (Lipinski definition) is 1. The van der Waals surface area contributed by atoms with Gasteiger partial charge in [0.25, 0.3) is 0 Å². The molecule has 0 aromatic carbocycles. The van der Waals surface area contributed by atoms with Gasteiger partial charge in [-0.2, -0.15) is 57.1 Å². The largest absolute Gasteiger partial charge is 0.460 e. The van der Waals surface area contributed by atoms with E-state index in [2.05, 4.69) is 11.7 Å². The van der Waals surface area contributed by atoms with Crippen LogP contribution in [0.4, 0.5) is 57.1 Å². The maximum Gasteiger partial charge on any atom is 0.460 e. The van der Waals surface area contributed by atoms with E-state index in [4.69, 9.17) is 0 Å². The lowest BCUT2D eigenvalue weighted by molar-refractivity contribution is -0.440.